The maximum absolute atomic E-state index is 12.3. The van der Waals surface area contributed by atoms with Crippen molar-refractivity contribution in [3.05, 3.63) is 12.4 Å². The lowest BCUT2D eigenvalue weighted by Gasteiger charge is -2.16. The molecule has 0 saturated heterocycles. The number of nitrogens with zero attached hydrogens (tertiary/aromatic N) is 3. The summed E-state index contributed by atoms with van der Waals surface area (Å²) in [6.45, 7) is 5.34. The number of rotatable bonds is 6. The molecule has 0 amide bonds. The molecule has 1 fully saturated rings. The van der Waals surface area contributed by atoms with Gasteiger partial charge in [-0.25, -0.2) is 22.7 Å². The van der Waals surface area contributed by atoms with Gasteiger partial charge in [-0.2, -0.15) is 0 Å². The van der Waals surface area contributed by atoms with Crippen molar-refractivity contribution in [2.24, 2.45) is 11.8 Å². The Bertz CT molecular complexity index is 529. The van der Waals surface area contributed by atoms with E-state index in [1.165, 1.54) is 16.7 Å². The average Bonchev–Trinajstić information content (AvgIpc) is 3.06. The predicted octanol–water partition coefficient (Wildman–Crippen LogP) is 1.18. The van der Waals surface area contributed by atoms with Gasteiger partial charge in [0.05, 0.1) is 12.4 Å². The summed E-state index contributed by atoms with van der Waals surface area (Å²) in [7, 11) is -1.86. The third-order valence-corrected chi connectivity index (χ3v) is 5.22. The minimum atomic E-state index is -3.47. The monoisotopic (exact) mass is 284 g/mol. The number of sulfonamides is 1. The average molecular weight is 284 g/mol. The number of nitrogens with one attached hydrogen (secondary N) is 1. The molecule has 106 valence electrons. The molecule has 6 nitrogen and oxygen atoms in total. The highest BCUT2D eigenvalue weighted by Crippen LogP contribution is 2.38. The van der Waals surface area contributed by atoms with Crippen LogP contribution in [-0.4, -0.2) is 42.8 Å². The van der Waals surface area contributed by atoms with E-state index < -0.39 is 10.0 Å². The summed E-state index contributed by atoms with van der Waals surface area (Å²) in [6, 6.07) is 0. The number of aromatic nitrogens is 2. The van der Waals surface area contributed by atoms with E-state index in [0.717, 1.165) is 6.42 Å². The highest BCUT2D eigenvalue weighted by atomic mass is 32.2. The molecule has 2 unspecified atom stereocenters. The predicted molar refractivity (Wildman–Crippen MR) is 73.3 cm³/mol. The molecule has 0 radical (unpaired) electrons. The first-order valence-corrected chi connectivity index (χ1v) is 7.91. The Kier molecular flexibility index (Phi) is 4.05. The van der Waals surface area contributed by atoms with Crippen LogP contribution in [0.15, 0.2) is 17.3 Å². The normalized spacial score (nSPS) is 22.5. The Morgan fingerprint density at radius 2 is 2.00 bits per heavy atom. The summed E-state index contributed by atoms with van der Waals surface area (Å²) in [5, 5.41) is 2.93. The fourth-order valence-corrected chi connectivity index (χ4v) is 3.08. The Hall–Kier alpha value is -1.21. The van der Waals surface area contributed by atoms with Crippen LogP contribution < -0.4 is 5.32 Å². The maximum Gasteiger partial charge on any atom is 0.245 e. The van der Waals surface area contributed by atoms with Gasteiger partial charge < -0.3 is 5.32 Å². The van der Waals surface area contributed by atoms with Gasteiger partial charge in [0.1, 0.15) is 4.90 Å². The van der Waals surface area contributed by atoms with E-state index in [-0.39, 0.29) is 4.90 Å². The van der Waals surface area contributed by atoms with E-state index in [2.05, 4.69) is 22.2 Å². The summed E-state index contributed by atoms with van der Waals surface area (Å²) in [4.78, 5) is 8.14. The second-order valence-electron chi connectivity index (χ2n) is 5.03. The first-order valence-electron chi connectivity index (χ1n) is 6.47. The van der Waals surface area contributed by atoms with Gasteiger partial charge in [0.25, 0.3) is 0 Å². The summed E-state index contributed by atoms with van der Waals surface area (Å²) in [5.74, 6) is 1.56. The van der Waals surface area contributed by atoms with E-state index in [4.69, 9.17) is 0 Å². The molecule has 1 aromatic heterocycles. The van der Waals surface area contributed by atoms with Crippen LogP contribution in [0.4, 0.5) is 5.95 Å². The quantitative estimate of drug-likeness (QED) is 0.849. The van der Waals surface area contributed by atoms with E-state index in [1.807, 2.05) is 6.92 Å². The zero-order valence-electron chi connectivity index (χ0n) is 11.5. The lowest BCUT2D eigenvalue weighted by molar-refractivity contribution is 0.444. The van der Waals surface area contributed by atoms with E-state index in [1.54, 1.807) is 7.05 Å². The van der Waals surface area contributed by atoms with Gasteiger partial charge in [0.2, 0.25) is 16.0 Å². The molecule has 7 heteroatoms. The molecule has 1 aliphatic rings. The van der Waals surface area contributed by atoms with Crippen LogP contribution in [0.1, 0.15) is 20.3 Å². The minimum Gasteiger partial charge on any atom is -0.355 e. The molecular formula is C12H20N4O2S. The molecule has 2 atom stereocenters. The van der Waals surface area contributed by atoms with Gasteiger partial charge in [-0.15, -0.1) is 0 Å². The van der Waals surface area contributed by atoms with Crippen LogP contribution in [0.5, 0.6) is 0 Å². The van der Waals surface area contributed by atoms with Crippen LogP contribution in [0.2, 0.25) is 0 Å². The summed E-state index contributed by atoms with van der Waals surface area (Å²) < 4.78 is 26.0. The van der Waals surface area contributed by atoms with Gasteiger partial charge in [-0.1, -0.05) is 6.92 Å². The van der Waals surface area contributed by atoms with Crippen LogP contribution in [-0.2, 0) is 10.0 Å². The second-order valence-corrected chi connectivity index (χ2v) is 7.08. The summed E-state index contributed by atoms with van der Waals surface area (Å²) >= 11 is 0. The van der Waals surface area contributed by atoms with Crippen molar-refractivity contribution in [2.45, 2.75) is 25.2 Å². The van der Waals surface area contributed by atoms with Gasteiger partial charge in [0.15, 0.2) is 0 Å². The number of anilines is 1. The van der Waals surface area contributed by atoms with Crippen molar-refractivity contribution in [1.82, 2.24) is 14.3 Å². The topological polar surface area (TPSA) is 75.2 Å². The smallest absolute Gasteiger partial charge is 0.245 e. The van der Waals surface area contributed by atoms with Crippen LogP contribution >= 0.6 is 0 Å². The standard InChI is InChI=1S/C12H20N4O2S/c1-4-13-12-14-6-11(7-15-12)19(17,18)16(3)8-10-5-9(10)2/h6-7,9-10H,4-5,8H2,1-3H3,(H,13,14,15). The third-order valence-electron chi connectivity index (χ3n) is 3.44. The Balaban J connectivity index is 2.09. The molecule has 1 N–H and O–H groups in total. The number of hydrogen-bond donors (Lipinski definition) is 1. The minimum absolute atomic E-state index is 0.143. The Morgan fingerprint density at radius 3 is 2.47 bits per heavy atom. The highest BCUT2D eigenvalue weighted by molar-refractivity contribution is 7.89. The molecule has 1 aromatic rings. The molecule has 1 heterocycles. The molecule has 0 aliphatic heterocycles. The zero-order chi connectivity index (χ0) is 14.0. The van der Waals surface area contributed by atoms with Crippen molar-refractivity contribution in [3.63, 3.8) is 0 Å². The van der Waals surface area contributed by atoms with Crippen molar-refractivity contribution in [3.8, 4) is 0 Å². The SMILES string of the molecule is CCNc1ncc(S(=O)(=O)N(C)CC2CC2C)cn1. The van der Waals surface area contributed by atoms with Crippen molar-refractivity contribution in [1.29, 1.82) is 0 Å². The van der Waals surface area contributed by atoms with Gasteiger partial charge in [-0.05, 0) is 25.2 Å². The van der Waals surface area contributed by atoms with Crippen molar-refractivity contribution < 1.29 is 8.42 Å². The fourth-order valence-electron chi connectivity index (χ4n) is 1.96. The maximum atomic E-state index is 12.3. The van der Waals surface area contributed by atoms with Crippen LogP contribution in [0, 0.1) is 11.8 Å². The van der Waals surface area contributed by atoms with Crippen LogP contribution in [0.25, 0.3) is 0 Å². The first-order chi connectivity index (χ1) is 8.95. The zero-order valence-corrected chi connectivity index (χ0v) is 12.3. The molecule has 0 aromatic carbocycles. The molecule has 0 bridgehead atoms. The summed E-state index contributed by atoms with van der Waals surface area (Å²) in [6.07, 6.45) is 3.82. The van der Waals surface area contributed by atoms with Crippen LogP contribution in [0.3, 0.4) is 0 Å². The lowest BCUT2D eigenvalue weighted by atomic mass is 10.3. The molecule has 2 rings (SSSR count). The molecule has 1 aliphatic carbocycles. The van der Waals surface area contributed by atoms with Crippen molar-refractivity contribution >= 4 is 16.0 Å². The first kappa shape index (κ1) is 14.2. The molecule has 0 spiro atoms. The number of hydrogen-bond acceptors (Lipinski definition) is 5. The van der Waals surface area contributed by atoms with Gasteiger partial charge in [0, 0.05) is 20.1 Å². The molecule has 1 saturated carbocycles. The van der Waals surface area contributed by atoms with E-state index in [9.17, 15) is 8.42 Å². The van der Waals surface area contributed by atoms with Gasteiger partial charge >= 0.3 is 0 Å². The molecule has 19 heavy (non-hydrogen) atoms. The van der Waals surface area contributed by atoms with E-state index in [0.29, 0.717) is 30.9 Å². The largest absolute Gasteiger partial charge is 0.355 e. The van der Waals surface area contributed by atoms with Gasteiger partial charge in [-0.3, -0.25) is 0 Å². The van der Waals surface area contributed by atoms with E-state index >= 15 is 0 Å². The van der Waals surface area contributed by atoms with Crippen molar-refractivity contribution in [2.75, 3.05) is 25.5 Å². The molecular weight excluding hydrogens is 264 g/mol. The second kappa shape index (κ2) is 5.42. The third kappa shape index (κ3) is 3.22. The Morgan fingerprint density at radius 1 is 1.42 bits per heavy atom. The summed E-state index contributed by atoms with van der Waals surface area (Å²) in [5.41, 5.74) is 0. The lowest BCUT2D eigenvalue weighted by Crippen LogP contribution is -2.29. The Labute approximate surface area is 114 Å². The highest BCUT2D eigenvalue weighted by Gasteiger charge is 2.36. The fraction of sp³-hybridized carbons (Fsp3) is 0.667.